The number of hydrogen-bond acceptors (Lipinski definition) is 3. The summed E-state index contributed by atoms with van der Waals surface area (Å²) in [7, 11) is -3.65. The van der Waals surface area contributed by atoms with Crippen LogP contribution in [0.5, 0.6) is 0 Å². The number of halogens is 1. The maximum atomic E-state index is 11.3. The van der Waals surface area contributed by atoms with Crippen LogP contribution in [-0.4, -0.2) is 14.5 Å². The minimum atomic E-state index is -3.65. The van der Waals surface area contributed by atoms with Gasteiger partial charge in [-0.1, -0.05) is 20.3 Å². The van der Waals surface area contributed by atoms with E-state index in [1.165, 1.54) is 18.9 Å². The Balaban J connectivity index is 2.14. The van der Waals surface area contributed by atoms with Crippen molar-refractivity contribution in [2.24, 2.45) is 10.6 Å². The van der Waals surface area contributed by atoms with Crippen molar-refractivity contribution in [2.75, 3.05) is 5.32 Å². The molecule has 0 spiro atoms. The summed E-state index contributed by atoms with van der Waals surface area (Å²) in [6.07, 6.45) is 4.75. The zero-order valence-electron chi connectivity index (χ0n) is 11.8. The van der Waals surface area contributed by atoms with E-state index in [2.05, 4.69) is 35.1 Å². The highest BCUT2D eigenvalue weighted by Crippen LogP contribution is 2.37. The average Bonchev–Trinajstić information content (AvgIpc) is 2.29. The van der Waals surface area contributed by atoms with Crippen molar-refractivity contribution >= 4 is 31.6 Å². The van der Waals surface area contributed by atoms with Gasteiger partial charge in [-0.25, -0.2) is 13.6 Å². The number of sulfonamides is 1. The summed E-state index contributed by atoms with van der Waals surface area (Å²) < 4.78 is 23.3. The molecule has 20 heavy (non-hydrogen) atoms. The Labute approximate surface area is 129 Å². The van der Waals surface area contributed by atoms with Crippen molar-refractivity contribution in [1.29, 1.82) is 0 Å². The monoisotopic (exact) mass is 360 g/mol. The Kier molecular flexibility index (Phi) is 4.47. The lowest BCUT2D eigenvalue weighted by atomic mass is 9.75. The van der Waals surface area contributed by atoms with Gasteiger partial charge in [0.25, 0.3) is 0 Å². The molecule has 1 saturated carbocycles. The molecule has 1 atom stereocenters. The van der Waals surface area contributed by atoms with E-state index < -0.39 is 10.0 Å². The highest BCUT2D eigenvalue weighted by Gasteiger charge is 2.28. The molecule has 0 radical (unpaired) electrons. The number of nitrogens with one attached hydrogen (secondary N) is 1. The molecular formula is C14H21BrN2O2S. The zero-order chi connectivity index (χ0) is 15.0. The molecule has 0 bridgehead atoms. The molecule has 6 heteroatoms. The Morgan fingerprint density at radius 2 is 2.10 bits per heavy atom. The molecule has 3 N–H and O–H groups in total. The van der Waals surface area contributed by atoms with Crippen LogP contribution >= 0.6 is 15.9 Å². The van der Waals surface area contributed by atoms with Gasteiger partial charge in [0.2, 0.25) is 10.0 Å². The van der Waals surface area contributed by atoms with Crippen molar-refractivity contribution in [1.82, 2.24) is 0 Å². The minimum Gasteiger partial charge on any atom is -0.381 e. The lowest BCUT2D eigenvalue weighted by Gasteiger charge is -2.36. The molecule has 1 aliphatic rings. The summed E-state index contributed by atoms with van der Waals surface area (Å²) in [5.41, 5.74) is 1.28. The first-order valence-corrected chi connectivity index (χ1v) is 9.10. The molecule has 112 valence electrons. The van der Waals surface area contributed by atoms with E-state index in [0.29, 0.717) is 11.5 Å². The first kappa shape index (κ1) is 15.8. The normalized spacial score (nSPS) is 22.5. The van der Waals surface area contributed by atoms with Gasteiger partial charge in [-0.15, -0.1) is 0 Å². The van der Waals surface area contributed by atoms with Crippen LogP contribution in [0.15, 0.2) is 27.6 Å². The second-order valence-corrected chi connectivity index (χ2v) is 8.70. The van der Waals surface area contributed by atoms with E-state index >= 15 is 0 Å². The van der Waals surface area contributed by atoms with E-state index in [0.717, 1.165) is 23.0 Å². The molecule has 1 aromatic rings. The number of primary sulfonamides is 1. The van der Waals surface area contributed by atoms with Gasteiger partial charge in [-0.05, 0) is 58.8 Å². The first-order chi connectivity index (χ1) is 9.17. The Morgan fingerprint density at radius 3 is 2.65 bits per heavy atom. The van der Waals surface area contributed by atoms with Crippen LogP contribution in [0.4, 0.5) is 5.69 Å². The lowest BCUT2D eigenvalue weighted by molar-refractivity contribution is 0.229. The molecule has 4 nitrogen and oxygen atoms in total. The number of hydrogen-bond donors (Lipinski definition) is 2. The maximum Gasteiger partial charge on any atom is 0.238 e. The predicted octanol–water partition coefficient (Wildman–Crippen LogP) is 3.48. The van der Waals surface area contributed by atoms with Crippen LogP contribution in [0, 0.1) is 5.41 Å². The van der Waals surface area contributed by atoms with E-state index in [-0.39, 0.29) is 4.90 Å². The van der Waals surface area contributed by atoms with E-state index in [1.807, 2.05) is 0 Å². The molecular weight excluding hydrogens is 340 g/mol. The van der Waals surface area contributed by atoms with Gasteiger partial charge in [-0.3, -0.25) is 0 Å². The summed E-state index contributed by atoms with van der Waals surface area (Å²) in [4.78, 5) is 0.124. The van der Waals surface area contributed by atoms with Gasteiger partial charge < -0.3 is 5.32 Å². The van der Waals surface area contributed by atoms with Crippen molar-refractivity contribution in [2.45, 2.75) is 50.5 Å². The van der Waals surface area contributed by atoms with Crippen LogP contribution < -0.4 is 10.5 Å². The van der Waals surface area contributed by atoms with Crippen molar-refractivity contribution in [3.8, 4) is 0 Å². The standard InChI is InChI=1S/C14H21BrN2O2S/c1-14(2)7-3-4-10(9-14)17-13-6-5-11(8-12(13)15)20(16,18)19/h5-6,8,10,17H,3-4,7,9H2,1-2H3,(H2,16,18,19). The van der Waals surface area contributed by atoms with Gasteiger partial charge in [-0.2, -0.15) is 0 Å². The van der Waals surface area contributed by atoms with Crippen LogP contribution in [0.3, 0.4) is 0 Å². The third-order valence-electron chi connectivity index (χ3n) is 3.83. The topological polar surface area (TPSA) is 72.2 Å². The molecule has 1 aliphatic carbocycles. The molecule has 1 unspecified atom stereocenters. The van der Waals surface area contributed by atoms with E-state index in [4.69, 9.17) is 5.14 Å². The van der Waals surface area contributed by atoms with Gasteiger partial charge in [0.05, 0.1) is 4.90 Å². The van der Waals surface area contributed by atoms with E-state index in [1.54, 1.807) is 12.1 Å². The molecule has 0 heterocycles. The van der Waals surface area contributed by atoms with Crippen LogP contribution in [0.1, 0.15) is 39.5 Å². The lowest BCUT2D eigenvalue weighted by Crippen LogP contribution is -2.31. The summed E-state index contributed by atoms with van der Waals surface area (Å²) >= 11 is 3.41. The summed E-state index contributed by atoms with van der Waals surface area (Å²) in [6, 6.07) is 5.28. The largest absolute Gasteiger partial charge is 0.381 e. The smallest absolute Gasteiger partial charge is 0.238 e. The third kappa shape index (κ3) is 3.96. The second kappa shape index (κ2) is 5.66. The molecule has 1 fully saturated rings. The number of nitrogens with two attached hydrogens (primary N) is 1. The number of anilines is 1. The highest BCUT2D eigenvalue weighted by molar-refractivity contribution is 9.10. The maximum absolute atomic E-state index is 11.3. The summed E-state index contributed by atoms with van der Waals surface area (Å²) in [5, 5.41) is 8.63. The highest BCUT2D eigenvalue weighted by atomic mass is 79.9. The van der Waals surface area contributed by atoms with E-state index in [9.17, 15) is 8.42 Å². The zero-order valence-corrected chi connectivity index (χ0v) is 14.2. The fourth-order valence-corrected chi connectivity index (χ4v) is 4.02. The van der Waals surface area contributed by atoms with Crippen LogP contribution in [0.2, 0.25) is 0 Å². The SMILES string of the molecule is CC1(C)CCCC(Nc2ccc(S(N)(=O)=O)cc2Br)C1. The van der Waals surface area contributed by atoms with Gasteiger partial charge in [0.1, 0.15) is 0 Å². The molecule has 0 aromatic heterocycles. The Bertz CT molecular complexity index is 599. The summed E-state index contributed by atoms with van der Waals surface area (Å²) in [6.45, 7) is 4.58. The quantitative estimate of drug-likeness (QED) is 0.866. The molecule has 0 amide bonds. The molecule has 1 aromatic carbocycles. The van der Waals surface area contributed by atoms with Crippen LogP contribution in [-0.2, 0) is 10.0 Å². The van der Waals surface area contributed by atoms with Crippen molar-refractivity contribution < 1.29 is 8.42 Å². The minimum absolute atomic E-state index is 0.124. The molecule has 0 aliphatic heterocycles. The van der Waals surface area contributed by atoms with Crippen molar-refractivity contribution in [3.63, 3.8) is 0 Å². The Morgan fingerprint density at radius 1 is 1.40 bits per heavy atom. The second-order valence-electron chi connectivity index (χ2n) is 6.29. The van der Waals surface area contributed by atoms with Gasteiger partial charge in [0, 0.05) is 16.2 Å². The molecule has 2 rings (SSSR count). The number of benzene rings is 1. The summed E-state index contributed by atoms with van der Waals surface area (Å²) in [5.74, 6) is 0. The first-order valence-electron chi connectivity index (χ1n) is 6.76. The van der Waals surface area contributed by atoms with Crippen molar-refractivity contribution in [3.05, 3.63) is 22.7 Å². The fraction of sp³-hybridized carbons (Fsp3) is 0.571. The molecule has 0 saturated heterocycles. The average molecular weight is 361 g/mol. The Hall–Kier alpha value is -0.590. The van der Waals surface area contributed by atoms with Crippen LogP contribution in [0.25, 0.3) is 0 Å². The third-order valence-corrected chi connectivity index (χ3v) is 5.40. The number of rotatable bonds is 3. The predicted molar refractivity (Wildman–Crippen MR) is 85.2 cm³/mol. The van der Waals surface area contributed by atoms with Gasteiger partial charge in [0.15, 0.2) is 0 Å². The van der Waals surface area contributed by atoms with Gasteiger partial charge >= 0.3 is 0 Å². The fourth-order valence-electron chi connectivity index (χ4n) is 2.83.